The summed E-state index contributed by atoms with van der Waals surface area (Å²) in [5, 5.41) is 0. The van der Waals surface area contributed by atoms with Crippen molar-refractivity contribution in [1.82, 2.24) is 9.80 Å². The number of amides is 2. The number of ether oxygens (including phenoxy) is 2. The fourth-order valence-corrected chi connectivity index (χ4v) is 3.06. The Kier molecular flexibility index (Phi) is 8.55. The van der Waals surface area contributed by atoms with Gasteiger partial charge >= 0.3 is 0 Å². The van der Waals surface area contributed by atoms with Gasteiger partial charge < -0.3 is 19.3 Å². The number of nitrogens with zero attached hydrogens (tertiary/aromatic N) is 2. The summed E-state index contributed by atoms with van der Waals surface area (Å²) in [6.07, 6.45) is 1.01. The van der Waals surface area contributed by atoms with Crippen LogP contribution in [-0.4, -0.2) is 72.7 Å². The summed E-state index contributed by atoms with van der Waals surface area (Å²) in [6, 6.07) is 0.0573. The first-order valence-corrected chi connectivity index (χ1v) is 8.78. The third kappa shape index (κ3) is 5.46. The average Bonchev–Trinajstić information content (AvgIpc) is 2.54. The molecule has 6 heteroatoms. The van der Waals surface area contributed by atoms with Crippen LogP contribution in [-0.2, 0) is 19.1 Å². The van der Waals surface area contributed by atoms with E-state index in [9.17, 15) is 9.59 Å². The molecule has 0 aromatic carbocycles. The van der Waals surface area contributed by atoms with Crippen LogP contribution in [0.15, 0.2) is 0 Å². The highest BCUT2D eigenvalue weighted by atomic mass is 16.5. The van der Waals surface area contributed by atoms with E-state index in [4.69, 9.17) is 9.47 Å². The molecule has 1 saturated heterocycles. The SMILES string of the molecule is CCC[C@@H]1CN(C(=O)[C@H](C)OCC)CCN1C(=O)[C@H](C)OCC. The van der Waals surface area contributed by atoms with Crippen LogP contribution in [0.2, 0.25) is 0 Å². The van der Waals surface area contributed by atoms with E-state index >= 15 is 0 Å². The highest BCUT2D eigenvalue weighted by molar-refractivity contribution is 5.83. The highest BCUT2D eigenvalue weighted by Gasteiger charge is 2.35. The summed E-state index contributed by atoms with van der Waals surface area (Å²) >= 11 is 0. The van der Waals surface area contributed by atoms with Crippen molar-refractivity contribution in [2.75, 3.05) is 32.8 Å². The van der Waals surface area contributed by atoms with E-state index in [2.05, 4.69) is 6.92 Å². The third-order valence-corrected chi connectivity index (χ3v) is 4.23. The Morgan fingerprint density at radius 3 is 2.09 bits per heavy atom. The number of rotatable bonds is 8. The second-order valence-electron chi connectivity index (χ2n) is 5.95. The number of piperazine rings is 1. The first-order valence-electron chi connectivity index (χ1n) is 8.78. The van der Waals surface area contributed by atoms with Crippen molar-refractivity contribution in [2.45, 2.75) is 65.7 Å². The Hall–Kier alpha value is -1.14. The monoisotopic (exact) mass is 328 g/mol. The van der Waals surface area contributed by atoms with Crippen LogP contribution in [0.4, 0.5) is 0 Å². The molecule has 0 aliphatic carbocycles. The minimum Gasteiger partial charge on any atom is -0.369 e. The molecule has 0 bridgehead atoms. The van der Waals surface area contributed by atoms with Crippen LogP contribution in [0.3, 0.4) is 0 Å². The van der Waals surface area contributed by atoms with Crippen LogP contribution >= 0.6 is 0 Å². The maximum Gasteiger partial charge on any atom is 0.251 e. The van der Waals surface area contributed by atoms with Gasteiger partial charge in [-0.2, -0.15) is 0 Å². The zero-order valence-electron chi connectivity index (χ0n) is 15.2. The third-order valence-electron chi connectivity index (χ3n) is 4.23. The normalized spacial score (nSPS) is 21.2. The van der Waals surface area contributed by atoms with Crippen molar-refractivity contribution < 1.29 is 19.1 Å². The quantitative estimate of drug-likeness (QED) is 0.680. The van der Waals surface area contributed by atoms with E-state index in [0.29, 0.717) is 32.8 Å². The standard InChI is InChI=1S/C17H32N2O4/c1-6-9-15-12-18(16(20)13(4)22-7-2)10-11-19(15)17(21)14(5)23-8-3/h13-15H,6-12H2,1-5H3/t13-,14-,15+/m0/s1. The first kappa shape index (κ1) is 19.9. The van der Waals surface area contributed by atoms with Crippen molar-refractivity contribution in [2.24, 2.45) is 0 Å². The Morgan fingerprint density at radius 1 is 1.00 bits per heavy atom. The number of hydrogen-bond donors (Lipinski definition) is 0. The van der Waals surface area contributed by atoms with E-state index in [1.807, 2.05) is 23.6 Å². The predicted octanol–water partition coefficient (Wildman–Crippen LogP) is 1.68. The van der Waals surface area contributed by atoms with Crippen LogP contribution < -0.4 is 0 Å². The summed E-state index contributed by atoms with van der Waals surface area (Å²) in [6.45, 7) is 12.2. The van der Waals surface area contributed by atoms with Crippen molar-refractivity contribution in [3.8, 4) is 0 Å². The molecule has 1 fully saturated rings. The molecule has 23 heavy (non-hydrogen) atoms. The van der Waals surface area contributed by atoms with Crippen LogP contribution in [0.5, 0.6) is 0 Å². The number of carbonyl (C=O) groups is 2. The van der Waals surface area contributed by atoms with E-state index < -0.39 is 12.2 Å². The molecule has 1 aliphatic rings. The summed E-state index contributed by atoms with van der Waals surface area (Å²) < 4.78 is 10.8. The van der Waals surface area contributed by atoms with Crippen molar-refractivity contribution >= 4 is 11.8 Å². The van der Waals surface area contributed by atoms with E-state index in [1.165, 1.54) is 0 Å². The van der Waals surface area contributed by atoms with Gasteiger partial charge in [0.25, 0.3) is 11.8 Å². The van der Waals surface area contributed by atoms with Crippen molar-refractivity contribution in [3.63, 3.8) is 0 Å². The zero-order valence-corrected chi connectivity index (χ0v) is 15.2. The lowest BCUT2D eigenvalue weighted by Crippen LogP contribution is -2.59. The molecular formula is C17H32N2O4. The molecule has 2 amide bonds. The van der Waals surface area contributed by atoms with Gasteiger partial charge in [0, 0.05) is 38.9 Å². The molecule has 0 radical (unpaired) electrons. The smallest absolute Gasteiger partial charge is 0.251 e. The van der Waals surface area contributed by atoms with Crippen molar-refractivity contribution in [3.05, 3.63) is 0 Å². The Balaban J connectivity index is 2.73. The Bertz CT molecular complexity index is 389. The molecule has 1 rings (SSSR count). The number of carbonyl (C=O) groups excluding carboxylic acids is 2. The molecule has 1 aliphatic heterocycles. The molecular weight excluding hydrogens is 296 g/mol. The predicted molar refractivity (Wildman–Crippen MR) is 89.2 cm³/mol. The minimum atomic E-state index is -0.427. The fourth-order valence-electron chi connectivity index (χ4n) is 3.06. The van der Waals surface area contributed by atoms with Crippen molar-refractivity contribution in [1.29, 1.82) is 0 Å². The molecule has 0 aromatic rings. The summed E-state index contributed by atoms with van der Waals surface area (Å²) in [4.78, 5) is 28.7. The molecule has 0 spiro atoms. The van der Waals surface area contributed by atoms with Gasteiger partial charge in [-0.25, -0.2) is 0 Å². The molecule has 0 unspecified atom stereocenters. The second-order valence-corrected chi connectivity index (χ2v) is 5.95. The summed E-state index contributed by atoms with van der Waals surface area (Å²) in [5.74, 6) is 0.0353. The minimum absolute atomic E-state index is 0.0120. The summed E-state index contributed by atoms with van der Waals surface area (Å²) in [5.41, 5.74) is 0. The van der Waals surface area contributed by atoms with Gasteiger partial charge in [0.2, 0.25) is 0 Å². The number of hydrogen-bond acceptors (Lipinski definition) is 4. The second kappa shape index (κ2) is 9.88. The molecule has 3 atom stereocenters. The van der Waals surface area contributed by atoms with Crippen LogP contribution in [0.1, 0.15) is 47.5 Å². The fraction of sp³-hybridized carbons (Fsp3) is 0.882. The van der Waals surface area contributed by atoms with Crippen LogP contribution in [0.25, 0.3) is 0 Å². The van der Waals surface area contributed by atoms with Gasteiger partial charge in [-0.3, -0.25) is 9.59 Å². The average molecular weight is 328 g/mol. The zero-order chi connectivity index (χ0) is 17.4. The molecule has 0 saturated carbocycles. The van der Waals surface area contributed by atoms with E-state index in [1.54, 1.807) is 13.8 Å². The molecule has 6 nitrogen and oxygen atoms in total. The van der Waals surface area contributed by atoms with Gasteiger partial charge in [0.05, 0.1) is 0 Å². The lowest BCUT2D eigenvalue weighted by molar-refractivity contribution is -0.154. The highest BCUT2D eigenvalue weighted by Crippen LogP contribution is 2.18. The lowest BCUT2D eigenvalue weighted by atomic mass is 10.0. The molecule has 1 heterocycles. The molecule has 0 N–H and O–H groups in total. The van der Waals surface area contributed by atoms with Gasteiger partial charge in [0.1, 0.15) is 12.2 Å². The maximum absolute atomic E-state index is 12.6. The van der Waals surface area contributed by atoms with Gasteiger partial charge in [-0.15, -0.1) is 0 Å². The topological polar surface area (TPSA) is 59.1 Å². The van der Waals surface area contributed by atoms with Gasteiger partial charge in [0.15, 0.2) is 0 Å². The Morgan fingerprint density at radius 2 is 1.57 bits per heavy atom. The van der Waals surface area contributed by atoms with Gasteiger partial charge in [-0.05, 0) is 34.1 Å². The molecule has 134 valence electrons. The first-order chi connectivity index (χ1) is 11.0. The lowest BCUT2D eigenvalue weighted by Gasteiger charge is -2.43. The van der Waals surface area contributed by atoms with E-state index in [-0.39, 0.29) is 17.9 Å². The Labute approximate surface area is 140 Å². The summed E-state index contributed by atoms with van der Waals surface area (Å²) in [7, 11) is 0. The maximum atomic E-state index is 12.6. The van der Waals surface area contributed by atoms with E-state index in [0.717, 1.165) is 12.8 Å². The molecule has 0 aromatic heterocycles. The van der Waals surface area contributed by atoms with Crippen LogP contribution in [0, 0.1) is 0 Å². The largest absolute Gasteiger partial charge is 0.369 e. The van der Waals surface area contributed by atoms with Gasteiger partial charge in [-0.1, -0.05) is 13.3 Å².